The Bertz CT molecular complexity index is 672. The Balaban J connectivity index is 2.03. The smallest absolute Gasteiger partial charge is 0.317 e. The van der Waals surface area contributed by atoms with Gasteiger partial charge in [0.05, 0.1) is 12.2 Å². The summed E-state index contributed by atoms with van der Waals surface area (Å²) in [5.41, 5.74) is 2.82. The molecule has 1 atom stereocenters. The van der Waals surface area contributed by atoms with Crippen LogP contribution in [0.3, 0.4) is 0 Å². The molecule has 130 valence electrons. The van der Waals surface area contributed by atoms with E-state index in [1.165, 1.54) is 5.56 Å². The number of carbonyl (C=O) groups excluding carboxylic acids is 1. The van der Waals surface area contributed by atoms with Crippen molar-refractivity contribution < 1.29 is 9.32 Å². The minimum absolute atomic E-state index is 0.0143. The van der Waals surface area contributed by atoms with E-state index < -0.39 is 0 Å². The zero-order valence-electron chi connectivity index (χ0n) is 15.4. The molecule has 1 N–H and O–H groups in total. The Morgan fingerprint density at radius 2 is 1.92 bits per heavy atom. The Hall–Kier alpha value is -2.30. The number of hydrogen-bond donors (Lipinski definition) is 1. The average Bonchev–Trinajstić information content (AvgIpc) is 2.87. The Morgan fingerprint density at radius 3 is 2.46 bits per heavy atom. The summed E-state index contributed by atoms with van der Waals surface area (Å²) in [5, 5.41) is 7.04. The number of hydrogen-bond acceptors (Lipinski definition) is 3. The number of nitrogens with zero attached hydrogens (tertiary/aromatic N) is 2. The van der Waals surface area contributed by atoms with E-state index in [1.807, 2.05) is 39.0 Å². The Morgan fingerprint density at radius 1 is 1.29 bits per heavy atom. The van der Waals surface area contributed by atoms with Crippen molar-refractivity contribution in [1.29, 1.82) is 0 Å². The average molecular weight is 329 g/mol. The second kappa shape index (κ2) is 7.07. The van der Waals surface area contributed by atoms with Crippen molar-refractivity contribution in [2.75, 3.05) is 7.05 Å². The van der Waals surface area contributed by atoms with Crippen molar-refractivity contribution in [1.82, 2.24) is 15.4 Å². The molecule has 0 saturated carbocycles. The van der Waals surface area contributed by atoms with E-state index in [0.29, 0.717) is 6.54 Å². The number of urea groups is 1. The van der Waals surface area contributed by atoms with Gasteiger partial charge in [0.25, 0.3) is 0 Å². The summed E-state index contributed by atoms with van der Waals surface area (Å²) in [7, 11) is 1.78. The summed E-state index contributed by atoms with van der Waals surface area (Å²) in [6, 6.07) is 10.1. The molecule has 1 heterocycles. The largest absolute Gasteiger partial charge is 0.361 e. The van der Waals surface area contributed by atoms with Gasteiger partial charge in [-0.05, 0) is 26.3 Å². The third-order valence-electron chi connectivity index (χ3n) is 4.86. The molecule has 0 aliphatic rings. The minimum atomic E-state index is -0.166. The lowest BCUT2D eigenvalue weighted by Crippen LogP contribution is -2.49. The number of amides is 2. The maximum atomic E-state index is 12.5. The quantitative estimate of drug-likeness (QED) is 0.907. The maximum absolute atomic E-state index is 12.5. The van der Waals surface area contributed by atoms with Crippen LogP contribution < -0.4 is 5.32 Å². The maximum Gasteiger partial charge on any atom is 0.317 e. The van der Waals surface area contributed by atoms with Crippen molar-refractivity contribution in [2.24, 2.45) is 0 Å². The normalized spacial score (nSPS) is 12.8. The van der Waals surface area contributed by atoms with Gasteiger partial charge in [-0.2, -0.15) is 0 Å². The molecule has 0 radical (unpaired) electrons. The van der Waals surface area contributed by atoms with Crippen LogP contribution in [0.2, 0.25) is 0 Å². The fourth-order valence-corrected chi connectivity index (χ4v) is 2.63. The molecule has 0 aliphatic carbocycles. The van der Waals surface area contributed by atoms with Gasteiger partial charge in [-0.3, -0.25) is 0 Å². The van der Waals surface area contributed by atoms with Gasteiger partial charge in [-0.25, -0.2) is 4.79 Å². The van der Waals surface area contributed by atoms with E-state index in [0.717, 1.165) is 17.0 Å². The van der Waals surface area contributed by atoms with Crippen molar-refractivity contribution in [3.8, 4) is 0 Å². The van der Waals surface area contributed by atoms with Crippen LogP contribution in [0.1, 0.15) is 43.4 Å². The molecule has 0 aliphatic heterocycles. The van der Waals surface area contributed by atoms with Crippen molar-refractivity contribution in [3.63, 3.8) is 0 Å². The van der Waals surface area contributed by atoms with Gasteiger partial charge < -0.3 is 14.7 Å². The predicted octanol–water partition coefficient (Wildman–Crippen LogP) is 3.80. The number of aryl methyl sites for hydroxylation is 2. The molecule has 0 saturated heterocycles. The van der Waals surface area contributed by atoms with Crippen LogP contribution in [-0.4, -0.2) is 29.2 Å². The molecule has 1 unspecified atom stereocenters. The van der Waals surface area contributed by atoms with Crippen molar-refractivity contribution in [3.05, 3.63) is 52.9 Å². The van der Waals surface area contributed by atoms with E-state index >= 15 is 0 Å². The third-order valence-corrected chi connectivity index (χ3v) is 4.86. The van der Waals surface area contributed by atoms with Crippen LogP contribution in [0.5, 0.6) is 0 Å². The highest BCUT2D eigenvalue weighted by Crippen LogP contribution is 2.27. The summed E-state index contributed by atoms with van der Waals surface area (Å²) in [4.78, 5) is 14.2. The molecular formula is C19H27N3O2. The summed E-state index contributed by atoms with van der Waals surface area (Å²) in [6.07, 6.45) is 0. The number of rotatable bonds is 5. The lowest BCUT2D eigenvalue weighted by atomic mass is 9.78. The van der Waals surface area contributed by atoms with Gasteiger partial charge in [0, 0.05) is 24.1 Å². The molecule has 24 heavy (non-hydrogen) atoms. The first-order valence-electron chi connectivity index (χ1n) is 8.22. The molecule has 2 amide bonds. The van der Waals surface area contributed by atoms with Gasteiger partial charge in [-0.15, -0.1) is 0 Å². The zero-order valence-corrected chi connectivity index (χ0v) is 15.4. The minimum Gasteiger partial charge on any atom is -0.361 e. The Kier molecular flexibility index (Phi) is 5.32. The van der Waals surface area contributed by atoms with Crippen LogP contribution in [0, 0.1) is 13.8 Å². The number of benzene rings is 1. The number of aromatic nitrogens is 1. The highest BCUT2D eigenvalue weighted by molar-refractivity contribution is 5.74. The second-order valence-corrected chi connectivity index (χ2v) is 6.92. The van der Waals surface area contributed by atoms with Gasteiger partial charge in [0.15, 0.2) is 0 Å². The summed E-state index contributed by atoms with van der Waals surface area (Å²) in [5.74, 6) is 0.754. The summed E-state index contributed by atoms with van der Waals surface area (Å²) in [6.45, 7) is 10.5. The molecule has 1 aromatic heterocycles. The van der Waals surface area contributed by atoms with E-state index in [1.54, 1.807) is 11.9 Å². The Labute approximate surface area is 144 Å². The van der Waals surface area contributed by atoms with Crippen LogP contribution >= 0.6 is 0 Å². The lowest BCUT2D eigenvalue weighted by Gasteiger charge is -2.34. The monoisotopic (exact) mass is 329 g/mol. The molecule has 5 nitrogen and oxygen atoms in total. The predicted molar refractivity (Wildman–Crippen MR) is 94.9 cm³/mol. The van der Waals surface area contributed by atoms with Gasteiger partial charge in [-0.1, -0.05) is 49.3 Å². The second-order valence-electron chi connectivity index (χ2n) is 6.92. The van der Waals surface area contributed by atoms with Gasteiger partial charge >= 0.3 is 6.03 Å². The molecule has 5 heteroatoms. The first-order valence-corrected chi connectivity index (χ1v) is 8.22. The standard InChI is InChI=1S/C19H27N3O2/c1-13-17(14(2)24-21-13)12-22(6)18(23)20-15(3)19(4,5)16-10-8-7-9-11-16/h7-11,15H,12H2,1-6H3,(H,20,23). The van der Waals surface area contributed by atoms with Crippen molar-refractivity contribution in [2.45, 2.75) is 52.6 Å². The number of nitrogens with one attached hydrogen (secondary N) is 1. The zero-order chi connectivity index (χ0) is 17.9. The first kappa shape index (κ1) is 18.0. The highest BCUT2D eigenvalue weighted by Gasteiger charge is 2.30. The van der Waals surface area contributed by atoms with E-state index in [-0.39, 0.29) is 17.5 Å². The van der Waals surface area contributed by atoms with Crippen molar-refractivity contribution >= 4 is 6.03 Å². The van der Waals surface area contributed by atoms with E-state index in [2.05, 4.69) is 36.5 Å². The molecule has 2 rings (SSSR count). The molecule has 0 fully saturated rings. The topological polar surface area (TPSA) is 58.4 Å². The lowest BCUT2D eigenvalue weighted by molar-refractivity contribution is 0.197. The van der Waals surface area contributed by atoms with Crippen LogP contribution in [-0.2, 0) is 12.0 Å². The molecule has 1 aromatic carbocycles. The first-order chi connectivity index (χ1) is 11.2. The van der Waals surface area contributed by atoms with Crippen LogP contribution in [0.15, 0.2) is 34.9 Å². The number of carbonyl (C=O) groups is 1. The van der Waals surface area contributed by atoms with Crippen LogP contribution in [0.4, 0.5) is 4.79 Å². The fraction of sp³-hybridized carbons (Fsp3) is 0.474. The SMILES string of the molecule is Cc1noc(C)c1CN(C)C(=O)NC(C)C(C)(C)c1ccccc1. The fourth-order valence-electron chi connectivity index (χ4n) is 2.63. The summed E-state index contributed by atoms with van der Waals surface area (Å²) >= 11 is 0. The van der Waals surface area contributed by atoms with E-state index in [9.17, 15) is 4.79 Å². The third kappa shape index (κ3) is 3.78. The van der Waals surface area contributed by atoms with Gasteiger partial charge in [0.1, 0.15) is 5.76 Å². The molecule has 2 aromatic rings. The van der Waals surface area contributed by atoms with Gasteiger partial charge in [0.2, 0.25) is 0 Å². The molecule has 0 bridgehead atoms. The summed E-state index contributed by atoms with van der Waals surface area (Å²) < 4.78 is 5.16. The highest BCUT2D eigenvalue weighted by atomic mass is 16.5. The van der Waals surface area contributed by atoms with E-state index in [4.69, 9.17) is 4.52 Å². The molecular weight excluding hydrogens is 302 g/mol. The van der Waals surface area contributed by atoms with Crippen LogP contribution in [0.25, 0.3) is 0 Å². The molecule has 0 spiro atoms.